The Labute approximate surface area is 364 Å². The topological polar surface area (TPSA) is 51.8 Å². The molecular formula is C55H32BN3OS2. The average Bonchev–Trinajstić information content (AvgIpc) is 4.08. The molecule has 0 aliphatic rings. The molecule has 3 heterocycles. The minimum Gasteiger partial charge on any atom is -0.435 e. The molecule has 0 amide bonds. The fraction of sp³-hybridized carbons (Fsp3) is 0. The summed E-state index contributed by atoms with van der Waals surface area (Å²) in [4.78, 5) is 15.3. The summed E-state index contributed by atoms with van der Waals surface area (Å²) in [5.74, 6) is 0.616. The zero-order valence-electron chi connectivity index (χ0n) is 33.1. The SMILES string of the molecule is c1ccc2cc3sc(-c4ccc(B(c5ccc(-c6nc7c8ccccc8c8ccccc8c7o6)cc5)c5ccc(-c6nc7cc8ccccc8cc7s6)cc5)cc4)nc3cc2c1. The first-order valence-electron chi connectivity index (χ1n) is 20.8. The van der Waals surface area contributed by atoms with Gasteiger partial charge in [0.25, 0.3) is 0 Å². The zero-order valence-corrected chi connectivity index (χ0v) is 34.8. The van der Waals surface area contributed by atoms with Gasteiger partial charge in [-0.2, -0.15) is 0 Å². The molecule has 0 spiro atoms. The van der Waals surface area contributed by atoms with Crippen LogP contribution in [-0.2, 0) is 0 Å². The number of benzene rings is 10. The quantitative estimate of drug-likeness (QED) is 0.124. The summed E-state index contributed by atoms with van der Waals surface area (Å²) >= 11 is 3.49. The van der Waals surface area contributed by atoms with Crippen LogP contribution in [0, 0.1) is 0 Å². The standard InChI is InChI=1S/C55H32BN3OS2/c1-3-11-38-31-49-47(29-36(38)9-1)57-54(61-49)34-19-25-41(26-20-34)56(42-27-21-35(22-28-42)55-58-48-30-37-10-2-4-12-39(37)32-50(48)62-55)40-23-17-33(18-24-40)53-59-51-45-15-7-5-13-43(45)44-14-6-8-16-46(44)52(51)60-53/h1-32H. The van der Waals surface area contributed by atoms with Crippen molar-refractivity contribution in [2.75, 3.05) is 0 Å². The third-order valence-corrected chi connectivity index (χ3v) is 14.4. The van der Waals surface area contributed by atoms with Crippen molar-refractivity contribution in [1.82, 2.24) is 15.0 Å². The van der Waals surface area contributed by atoms with E-state index in [4.69, 9.17) is 19.4 Å². The van der Waals surface area contributed by atoms with E-state index in [0.717, 1.165) is 59.6 Å². The first-order chi connectivity index (χ1) is 30.7. The van der Waals surface area contributed by atoms with Crippen LogP contribution in [0.4, 0.5) is 0 Å². The highest BCUT2D eigenvalue weighted by Crippen LogP contribution is 2.38. The van der Waals surface area contributed by atoms with Crippen LogP contribution in [0.3, 0.4) is 0 Å². The maximum Gasteiger partial charge on any atom is 0.241 e. The van der Waals surface area contributed by atoms with Crippen LogP contribution in [0.2, 0.25) is 0 Å². The van der Waals surface area contributed by atoms with Crippen LogP contribution in [0.1, 0.15) is 0 Å². The van der Waals surface area contributed by atoms with E-state index >= 15 is 0 Å². The van der Waals surface area contributed by atoms with Gasteiger partial charge in [-0.3, -0.25) is 0 Å². The van der Waals surface area contributed by atoms with Gasteiger partial charge >= 0.3 is 0 Å². The summed E-state index contributed by atoms with van der Waals surface area (Å²) < 4.78 is 9.02. The lowest BCUT2D eigenvalue weighted by molar-refractivity contribution is 0.623. The molecule has 4 nitrogen and oxygen atoms in total. The third-order valence-electron chi connectivity index (χ3n) is 12.3. The van der Waals surface area contributed by atoms with Crippen LogP contribution < -0.4 is 16.4 Å². The highest BCUT2D eigenvalue weighted by Gasteiger charge is 2.24. The van der Waals surface area contributed by atoms with E-state index in [0.29, 0.717) is 5.89 Å². The Kier molecular flexibility index (Phi) is 8.01. The zero-order chi connectivity index (χ0) is 40.7. The fourth-order valence-corrected chi connectivity index (χ4v) is 11.2. The Hall–Kier alpha value is -7.45. The lowest BCUT2D eigenvalue weighted by atomic mass is 9.37. The van der Waals surface area contributed by atoms with Gasteiger partial charge in [0.1, 0.15) is 15.5 Å². The van der Waals surface area contributed by atoms with Crippen LogP contribution in [0.15, 0.2) is 199 Å². The molecule has 7 heteroatoms. The highest BCUT2D eigenvalue weighted by molar-refractivity contribution is 7.22. The number of aromatic nitrogens is 3. The van der Waals surface area contributed by atoms with E-state index in [1.165, 1.54) is 58.1 Å². The van der Waals surface area contributed by atoms with Crippen molar-refractivity contribution >= 4 is 120 Å². The molecule has 0 bridgehead atoms. The maximum absolute atomic E-state index is 6.62. The predicted molar refractivity (Wildman–Crippen MR) is 264 cm³/mol. The Morgan fingerprint density at radius 3 is 1.27 bits per heavy atom. The average molecular weight is 826 g/mol. The van der Waals surface area contributed by atoms with Gasteiger partial charge < -0.3 is 4.42 Å². The minimum absolute atomic E-state index is 0.0231. The van der Waals surface area contributed by atoms with Gasteiger partial charge in [0.05, 0.1) is 20.4 Å². The molecule has 0 saturated heterocycles. The van der Waals surface area contributed by atoms with Crippen molar-refractivity contribution in [2.45, 2.75) is 0 Å². The van der Waals surface area contributed by atoms with Crippen LogP contribution in [0.25, 0.3) is 107 Å². The molecule has 0 N–H and O–H groups in total. The Balaban J connectivity index is 0.887. The number of nitrogens with zero attached hydrogens (tertiary/aromatic N) is 3. The number of fused-ring (bicyclic) bond motifs is 10. The van der Waals surface area contributed by atoms with Gasteiger partial charge in [-0.1, -0.05) is 186 Å². The van der Waals surface area contributed by atoms with E-state index in [1.54, 1.807) is 22.7 Å². The smallest absolute Gasteiger partial charge is 0.241 e. The lowest BCUT2D eigenvalue weighted by Crippen LogP contribution is -2.51. The summed E-state index contributed by atoms with van der Waals surface area (Å²) in [5.41, 5.74) is 10.5. The molecule has 0 saturated carbocycles. The summed E-state index contributed by atoms with van der Waals surface area (Å²) in [5, 5.41) is 11.5. The third kappa shape index (κ3) is 5.85. The van der Waals surface area contributed by atoms with E-state index in [1.807, 2.05) is 0 Å². The van der Waals surface area contributed by atoms with E-state index in [2.05, 4.69) is 194 Å². The van der Waals surface area contributed by atoms with Crippen molar-refractivity contribution in [1.29, 1.82) is 0 Å². The maximum atomic E-state index is 6.62. The molecular weight excluding hydrogens is 794 g/mol. The van der Waals surface area contributed by atoms with Gasteiger partial charge in [0, 0.05) is 27.5 Å². The molecule has 288 valence electrons. The summed E-state index contributed by atoms with van der Waals surface area (Å²) in [6.45, 7) is -0.0231. The van der Waals surface area contributed by atoms with Gasteiger partial charge in [0.15, 0.2) is 5.58 Å². The molecule has 0 aliphatic carbocycles. The number of oxazole rings is 1. The number of hydrogen-bond donors (Lipinski definition) is 0. The molecule has 13 aromatic rings. The van der Waals surface area contributed by atoms with Gasteiger partial charge in [-0.05, 0) is 56.6 Å². The van der Waals surface area contributed by atoms with Crippen molar-refractivity contribution in [3.63, 3.8) is 0 Å². The molecule has 10 aromatic carbocycles. The predicted octanol–water partition coefficient (Wildman–Crippen LogP) is 13.2. The molecule has 0 aliphatic heterocycles. The van der Waals surface area contributed by atoms with Gasteiger partial charge in [0.2, 0.25) is 12.6 Å². The Morgan fingerprint density at radius 2 is 0.774 bits per heavy atom. The molecule has 3 aromatic heterocycles. The Bertz CT molecular complexity index is 3530. The number of hydrogen-bond acceptors (Lipinski definition) is 6. The Morgan fingerprint density at radius 1 is 0.371 bits per heavy atom. The second kappa shape index (κ2) is 14.1. The molecule has 13 rings (SSSR count). The molecule has 0 fully saturated rings. The van der Waals surface area contributed by atoms with E-state index in [-0.39, 0.29) is 6.71 Å². The van der Waals surface area contributed by atoms with E-state index in [9.17, 15) is 0 Å². The van der Waals surface area contributed by atoms with Crippen LogP contribution >= 0.6 is 22.7 Å². The number of rotatable bonds is 6. The highest BCUT2D eigenvalue weighted by atomic mass is 32.1. The van der Waals surface area contributed by atoms with Gasteiger partial charge in [-0.15, -0.1) is 22.7 Å². The summed E-state index contributed by atoms with van der Waals surface area (Å²) in [7, 11) is 0. The van der Waals surface area contributed by atoms with Gasteiger partial charge in [-0.25, -0.2) is 15.0 Å². The molecule has 0 atom stereocenters. The summed E-state index contributed by atoms with van der Waals surface area (Å²) in [6.07, 6.45) is 0. The van der Waals surface area contributed by atoms with Crippen molar-refractivity contribution in [2.24, 2.45) is 0 Å². The van der Waals surface area contributed by atoms with Crippen molar-refractivity contribution in [3.05, 3.63) is 194 Å². The number of thiazole rings is 2. The normalized spacial score (nSPS) is 11.9. The fourth-order valence-electron chi connectivity index (χ4n) is 9.15. The molecule has 0 radical (unpaired) electrons. The van der Waals surface area contributed by atoms with E-state index < -0.39 is 0 Å². The second-order valence-corrected chi connectivity index (χ2v) is 18.0. The summed E-state index contributed by atoms with van der Waals surface area (Å²) in [6, 6.07) is 69.5. The lowest BCUT2D eigenvalue weighted by Gasteiger charge is -2.17. The monoisotopic (exact) mass is 825 g/mol. The molecule has 0 unspecified atom stereocenters. The molecule has 62 heavy (non-hydrogen) atoms. The van der Waals surface area contributed by atoms with Crippen LogP contribution in [0.5, 0.6) is 0 Å². The first-order valence-corrected chi connectivity index (χ1v) is 22.4. The second-order valence-electron chi connectivity index (χ2n) is 16.0. The largest absolute Gasteiger partial charge is 0.435 e. The van der Waals surface area contributed by atoms with Crippen molar-refractivity contribution < 1.29 is 4.42 Å². The van der Waals surface area contributed by atoms with Crippen LogP contribution in [-0.4, -0.2) is 21.7 Å². The minimum atomic E-state index is -0.0231. The van der Waals surface area contributed by atoms with Crippen molar-refractivity contribution in [3.8, 4) is 32.6 Å². The first kappa shape index (κ1) is 35.3.